The topological polar surface area (TPSA) is 16.6 Å². The number of benzene rings is 1. The number of hydrogen-bond acceptors (Lipinski definition) is 1. The molecular formula is C13H14NS+. The highest BCUT2D eigenvalue weighted by molar-refractivity contribution is 7.07. The minimum atomic E-state index is 0.529. The molecule has 1 unspecified atom stereocenters. The van der Waals surface area contributed by atoms with Crippen molar-refractivity contribution in [3.63, 3.8) is 0 Å². The fourth-order valence-corrected chi connectivity index (χ4v) is 3.06. The fourth-order valence-electron chi connectivity index (χ4n) is 2.37. The van der Waals surface area contributed by atoms with Gasteiger partial charge in [-0.25, -0.2) is 0 Å². The predicted molar refractivity (Wildman–Crippen MR) is 63.1 cm³/mol. The Hall–Kier alpha value is -1.12. The van der Waals surface area contributed by atoms with Crippen LogP contribution in [0.5, 0.6) is 0 Å². The summed E-state index contributed by atoms with van der Waals surface area (Å²) in [7, 11) is 0. The molecule has 0 fully saturated rings. The maximum atomic E-state index is 2.45. The normalized spacial score (nSPS) is 19.9. The molecule has 2 heteroatoms. The van der Waals surface area contributed by atoms with Crippen molar-refractivity contribution in [3.05, 3.63) is 57.8 Å². The quantitative estimate of drug-likeness (QED) is 0.750. The Morgan fingerprint density at radius 2 is 2.13 bits per heavy atom. The van der Waals surface area contributed by atoms with Crippen molar-refractivity contribution in [2.75, 3.05) is 6.54 Å². The molecule has 0 spiro atoms. The first kappa shape index (κ1) is 9.13. The average Bonchev–Trinajstić information content (AvgIpc) is 2.82. The van der Waals surface area contributed by atoms with E-state index in [1.165, 1.54) is 29.7 Å². The number of thiophene rings is 1. The van der Waals surface area contributed by atoms with Crippen molar-refractivity contribution in [1.29, 1.82) is 0 Å². The molecule has 2 heterocycles. The molecule has 2 aromatic rings. The van der Waals surface area contributed by atoms with Gasteiger partial charge in [-0.3, -0.25) is 0 Å². The van der Waals surface area contributed by atoms with Crippen molar-refractivity contribution < 1.29 is 5.32 Å². The van der Waals surface area contributed by atoms with Crippen molar-refractivity contribution in [2.45, 2.75) is 12.5 Å². The molecular weight excluding hydrogens is 202 g/mol. The van der Waals surface area contributed by atoms with E-state index in [2.05, 4.69) is 46.4 Å². The number of rotatable bonds is 1. The van der Waals surface area contributed by atoms with E-state index in [4.69, 9.17) is 0 Å². The van der Waals surface area contributed by atoms with Gasteiger partial charge < -0.3 is 5.32 Å². The third-order valence-electron chi connectivity index (χ3n) is 3.11. The molecule has 2 N–H and O–H groups in total. The molecule has 1 nitrogen and oxygen atoms in total. The molecule has 1 aromatic carbocycles. The van der Waals surface area contributed by atoms with Gasteiger partial charge in [0.05, 0.1) is 6.54 Å². The summed E-state index contributed by atoms with van der Waals surface area (Å²) in [6, 6.07) is 11.6. The summed E-state index contributed by atoms with van der Waals surface area (Å²) >= 11 is 1.79. The van der Waals surface area contributed by atoms with Crippen LogP contribution in [0.4, 0.5) is 0 Å². The van der Waals surface area contributed by atoms with Crippen LogP contribution in [-0.2, 0) is 6.42 Å². The van der Waals surface area contributed by atoms with Crippen LogP contribution >= 0.6 is 11.3 Å². The van der Waals surface area contributed by atoms with Crippen LogP contribution in [0.25, 0.3) is 0 Å². The molecule has 0 saturated heterocycles. The summed E-state index contributed by atoms with van der Waals surface area (Å²) in [5.41, 5.74) is 4.48. The third-order valence-corrected chi connectivity index (χ3v) is 3.81. The van der Waals surface area contributed by atoms with Gasteiger partial charge in [0, 0.05) is 22.9 Å². The van der Waals surface area contributed by atoms with Gasteiger partial charge >= 0.3 is 0 Å². The molecule has 15 heavy (non-hydrogen) atoms. The Balaban J connectivity index is 2.06. The molecule has 1 aliphatic heterocycles. The lowest BCUT2D eigenvalue weighted by atomic mass is 9.91. The van der Waals surface area contributed by atoms with E-state index in [-0.39, 0.29) is 0 Å². The molecule has 76 valence electrons. The zero-order chi connectivity index (χ0) is 10.1. The zero-order valence-corrected chi connectivity index (χ0v) is 9.34. The van der Waals surface area contributed by atoms with E-state index in [0.717, 1.165) is 0 Å². The molecule has 0 bridgehead atoms. The fraction of sp³-hybridized carbons (Fsp3) is 0.231. The van der Waals surface area contributed by atoms with Gasteiger partial charge in [-0.05, 0) is 17.0 Å². The van der Waals surface area contributed by atoms with Gasteiger partial charge in [-0.15, -0.1) is 0 Å². The number of fused-ring (bicyclic) bond motifs is 1. The second-order valence-corrected chi connectivity index (χ2v) is 4.79. The second-order valence-electron chi connectivity index (χ2n) is 4.01. The summed E-state index contributed by atoms with van der Waals surface area (Å²) in [6.45, 7) is 1.21. The number of hydrogen-bond donors (Lipinski definition) is 1. The van der Waals surface area contributed by atoms with Crippen LogP contribution < -0.4 is 5.32 Å². The van der Waals surface area contributed by atoms with Gasteiger partial charge in [0.15, 0.2) is 0 Å². The highest BCUT2D eigenvalue weighted by Crippen LogP contribution is 2.25. The van der Waals surface area contributed by atoms with Crippen LogP contribution in [-0.4, -0.2) is 6.54 Å². The summed E-state index contributed by atoms with van der Waals surface area (Å²) in [4.78, 5) is 0. The summed E-state index contributed by atoms with van der Waals surface area (Å²) in [5.74, 6) is 0. The van der Waals surface area contributed by atoms with Crippen LogP contribution in [0.3, 0.4) is 0 Å². The zero-order valence-electron chi connectivity index (χ0n) is 8.52. The van der Waals surface area contributed by atoms with E-state index in [9.17, 15) is 0 Å². The largest absolute Gasteiger partial charge is 0.336 e. The van der Waals surface area contributed by atoms with E-state index in [0.29, 0.717) is 6.04 Å². The van der Waals surface area contributed by atoms with E-state index in [1.807, 2.05) is 0 Å². The maximum Gasteiger partial charge on any atom is 0.138 e. The Kier molecular flexibility index (Phi) is 2.31. The van der Waals surface area contributed by atoms with Gasteiger partial charge in [-0.2, -0.15) is 11.3 Å². The summed E-state index contributed by atoms with van der Waals surface area (Å²) < 4.78 is 0. The smallest absolute Gasteiger partial charge is 0.138 e. The van der Waals surface area contributed by atoms with Crippen molar-refractivity contribution in [2.24, 2.45) is 0 Å². The number of nitrogens with two attached hydrogens (primary N) is 1. The monoisotopic (exact) mass is 216 g/mol. The molecule has 3 rings (SSSR count). The summed E-state index contributed by atoms with van der Waals surface area (Å²) in [5, 5.41) is 6.88. The van der Waals surface area contributed by atoms with Gasteiger partial charge in [0.2, 0.25) is 0 Å². The molecule has 0 amide bonds. The Bertz CT molecular complexity index is 447. The van der Waals surface area contributed by atoms with Crippen LogP contribution in [0.2, 0.25) is 0 Å². The maximum absolute atomic E-state index is 2.45. The number of quaternary nitrogens is 1. The van der Waals surface area contributed by atoms with Crippen LogP contribution in [0.1, 0.15) is 22.7 Å². The van der Waals surface area contributed by atoms with Gasteiger partial charge in [0.1, 0.15) is 6.04 Å². The van der Waals surface area contributed by atoms with E-state index >= 15 is 0 Å². The van der Waals surface area contributed by atoms with Crippen LogP contribution in [0.15, 0.2) is 41.1 Å². The first-order valence-corrected chi connectivity index (χ1v) is 6.32. The summed E-state index contributed by atoms with van der Waals surface area (Å²) in [6.07, 6.45) is 1.21. The SMILES string of the molecule is c1ccc2c(c1)CC[NH2+]C2c1ccsc1. The molecule has 1 atom stereocenters. The average molecular weight is 216 g/mol. The Morgan fingerprint density at radius 3 is 3.00 bits per heavy atom. The Morgan fingerprint density at radius 1 is 1.20 bits per heavy atom. The van der Waals surface area contributed by atoms with Crippen LogP contribution in [0, 0.1) is 0 Å². The highest BCUT2D eigenvalue weighted by atomic mass is 32.1. The first-order chi connectivity index (χ1) is 7.45. The standard InChI is InChI=1S/C13H13NS/c1-2-4-12-10(3-1)5-7-14-13(12)11-6-8-15-9-11/h1-4,6,8-9,13-14H,5,7H2/p+1. The van der Waals surface area contributed by atoms with Gasteiger partial charge in [-0.1, -0.05) is 24.3 Å². The molecule has 0 saturated carbocycles. The van der Waals surface area contributed by atoms with E-state index < -0.39 is 0 Å². The first-order valence-electron chi connectivity index (χ1n) is 5.38. The third kappa shape index (κ3) is 1.60. The van der Waals surface area contributed by atoms with Crippen molar-refractivity contribution in [3.8, 4) is 0 Å². The molecule has 1 aliphatic rings. The lowest BCUT2D eigenvalue weighted by Gasteiger charge is -2.23. The van der Waals surface area contributed by atoms with E-state index in [1.54, 1.807) is 11.3 Å². The minimum Gasteiger partial charge on any atom is -0.336 e. The van der Waals surface area contributed by atoms with Crippen molar-refractivity contribution in [1.82, 2.24) is 0 Å². The minimum absolute atomic E-state index is 0.529. The highest BCUT2D eigenvalue weighted by Gasteiger charge is 2.24. The predicted octanol–water partition coefficient (Wildman–Crippen LogP) is 1.96. The molecule has 1 aromatic heterocycles. The molecule has 0 aliphatic carbocycles. The lowest BCUT2D eigenvalue weighted by molar-refractivity contribution is -0.690. The lowest BCUT2D eigenvalue weighted by Crippen LogP contribution is -2.87. The van der Waals surface area contributed by atoms with Crippen molar-refractivity contribution >= 4 is 11.3 Å². The Labute approximate surface area is 93.8 Å². The van der Waals surface area contributed by atoms with Gasteiger partial charge in [0.25, 0.3) is 0 Å². The molecule has 0 radical (unpaired) electrons. The second kappa shape index (κ2) is 3.80.